The number of hydrogen-bond donors (Lipinski definition) is 1. The van der Waals surface area contributed by atoms with E-state index in [9.17, 15) is 4.79 Å². The summed E-state index contributed by atoms with van der Waals surface area (Å²) in [6.07, 6.45) is 0.827. The van der Waals surface area contributed by atoms with Crippen LogP contribution in [0.1, 0.15) is 36.1 Å². The molecule has 0 radical (unpaired) electrons. The highest BCUT2D eigenvalue weighted by molar-refractivity contribution is 9.10. The van der Waals surface area contributed by atoms with Gasteiger partial charge in [-0.05, 0) is 69.7 Å². The van der Waals surface area contributed by atoms with Gasteiger partial charge in [0.05, 0.1) is 10.5 Å². The van der Waals surface area contributed by atoms with Crippen LogP contribution < -0.4 is 10.1 Å². The van der Waals surface area contributed by atoms with Gasteiger partial charge in [-0.25, -0.2) is 0 Å². The van der Waals surface area contributed by atoms with Crippen LogP contribution in [0.15, 0.2) is 59.1 Å². The number of hydrogen-bond acceptors (Lipinski definition) is 2. The molecule has 27 heavy (non-hydrogen) atoms. The fraction of sp³-hybridized carbons (Fsp3) is 0.261. The van der Waals surface area contributed by atoms with Crippen molar-refractivity contribution in [3.8, 4) is 5.75 Å². The first-order valence-corrected chi connectivity index (χ1v) is 9.95. The molecule has 1 atom stereocenters. The van der Waals surface area contributed by atoms with E-state index < -0.39 is 0 Å². The van der Waals surface area contributed by atoms with Gasteiger partial charge in [0.2, 0.25) is 0 Å². The third kappa shape index (κ3) is 4.51. The summed E-state index contributed by atoms with van der Waals surface area (Å²) in [7, 11) is 0. The zero-order valence-corrected chi connectivity index (χ0v) is 17.5. The fourth-order valence-corrected chi connectivity index (χ4v) is 3.71. The number of aryl methyl sites for hydroxylation is 2. The molecule has 3 rings (SSSR count). The van der Waals surface area contributed by atoms with E-state index in [0.29, 0.717) is 5.75 Å². The van der Waals surface area contributed by atoms with E-state index in [-0.39, 0.29) is 18.6 Å². The maximum absolute atomic E-state index is 12.4. The van der Waals surface area contributed by atoms with Gasteiger partial charge in [0.25, 0.3) is 5.91 Å². The van der Waals surface area contributed by atoms with Gasteiger partial charge in [0.1, 0.15) is 5.75 Å². The Bertz CT molecular complexity index is 968. The van der Waals surface area contributed by atoms with Gasteiger partial charge in [0.15, 0.2) is 6.61 Å². The molecule has 0 saturated heterocycles. The SMILES string of the molecule is CC[C@@H](NC(=O)COc1ccc2ccccc2c1Br)c1ccc(C)c(C)c1. The maximum Gasteiger partial charge on any atom is 0.258 e. The summed E-state index contributed by atoms with van der Waals surface area (Å²) >= 11 is 3.59. The lowest BCUT2D eigenvalue weighted by molar-refractivity contribution is -0.123. The van der Waals surface area contributed by atoms with E-state index in [0.717, 1.165) is 27.2 Å². The zero-order chi connectivity index (χ0) is 19.4. The molecule has 0 aliphatic rings. The highest BCUT2D eigenvalue weighted by Gasteiger charge is 2.15. The minimum absolute atomic E-state index is 0.0135. The third-order valence-electron chi connectivity index (χ3n) is 4.86. The molecule has 140 valence electrons. The molecule has 0 saturated carbocycles. The van der Waals surface area contributed by atoms with Crippen LogP contribution in [0.4, 0.5) is 0 Å². The number of benzene rings is 3. The van der Waals surface area contributed by atoms with Crippen LogP contribution in [0.25, 0.3) is 10.8 Å². The third-order valence-corrected chi connectivity index (χ3v) is 5.68. The molecule has 0 spiro atoms. The van der Waals surface area contributed by atoms with Gasteiger partial charge in [-0.3, -0.25) is 4.79 Å². The molecule has 0 fully saturated rings. The van der Waals surface area contributed by atoms with Crippen LogP contribution in [0.2, 0.25) is 0 Å². The van der Waals surface area contributed by atoms with Gasteiger partial charge < -0.3 is 10.1 Å². The Balaban J connectivity index is 1.66. The van der Waals surface area contributed by atoms with Crippen LogP contribution in [-0.2, 0) is 4.79 Å². The molecular weight excluding hydrogens is 402 g/mol. The van der Waals surface area contributed by atoms with Crippen LogP contribution in [0.5, 0.6) is 5.75 Å². The van der Waals surface area contributed by atoms with Crippen LogP contribution in [-0.4, -0.2) is 12.5 Å². The number of nitrogens with one attached hydrogen (secondary N) is 1. The number of rotatable bonds is 6. The molecular formula is C23H24BrNO2. The van der Waals surface area contributed by atoms with Gasteiger partial charge >= 0.3 is 0 Å². The predicted molar refractivity (Wildman–Crippen MR) is 114 cm³/mol. The summed E-state index contributed by atoms with van der Waals surface area (Å²) in [5.41, 5.74) is 3.61. The standard InChI is InChI=1S/C23H24BrNO2/c1-4-20(18-10-9-15(2)16(3)13-18)25-22(26)14-27-21-12-11-17-7-5-6-8-19(17)23(21)24/h5-13,20H,4,14H2,1-3H3,(H,25,26)/t20-/m1/s1. The minimum atomic E-state index is -0.125. The van der Waals surface area contributed by atoms with Crippen molar-refractivity contribution in [3.05, 3.63) is 75.8 Å². The van der Waals surface area contributed by atoms with Crippen molar-refractivity contribution in [1.29, 1.82) is 0 Å². The highest BCUT2D eigenvalue weighted by atomic mass is 79.9. The Morgan fingerprint density at radius 2 is 1.85 bits per heavy atom. The predicted octanol–water partition coefficient (Wildman–Crippen LogP) is 5.87. The topological polar surface area (TPSA) is 38.3 Å². The number of fused-ring (bicyclic) bond motifs is 1. The number of amides is 1. The van der Waals surface area contributed by atoms with Crippen molar-refractivity contribution >= 4 is 32.6 Å². The van der Waals surface area contributed by atoms with E-state index in [4.69, 9.17) is 4.74 Å². The summed E-state index contributed by atoms with van der Waals surface area (Å²) < 4.78 is 6.64. The Kier molecular flexibility index (Phi) is 6.17. The molecule has 0 bridgehead atoms. The van der Waals surface area contributed by atoms with Crippen molar-refractivity contribution in [2.45, 2.75) is 33.2 Å². The number of halogens is 1. The second-order valence-electron chi connectivity index (χ2n) is 6.76. The van der Waals surface area contributed by atoms with E-state index in [1.54, 1.807) is 0 Å². The van der Waals surface area contributed by atoms with E-state index in [2.05, 4.69) is 60.2 Å². The smallest absolute Gasteiger partial charge is 0.258 e. The molecule has 3 aromatic rings. The average molecular weight is 426 g/mol. The summed E-state index contributed by atoms with van der Waals surface area (Å²) in [6, 6.07) is 18.3. The highest BCUT2D eigenvalue weighted by Crippen LogP contribution is 2.33. The van der Waals surface area contributed by atoms with Gasteiger partial charge in [0, 0.05) is 0 Å². The molecule has 0 aliphatic carbocycles. The van der Waals surface area contributed by atoms with Gasteiger partial charge in [-0.15, -0.1) is 0 Å². The molecule has 0 aromatic heterocycles. The number of carbonyl (C=O) groups excluding carboxylic acids is 1. The first-order valence-electron chi connectivity index (χ1n) is 9.16. The second-order valence-corrected chi connectivity index (χ2v) is 7.55. The quantitative estimate of drug-likeness (QED) is 0.536. The van der Waals surface area contributed by atoms with Crippen molar-refractivity contribution in [3.63, 3.8) is 0 Å². The minimum Gasteiger partial charge on any atom is -0.483 e. The molecule has 4 heteroatoms. The van der Waals surface area contributed by atoms with Crippen LogP contribution in [0.3, 0.4) is 0 Å². The fourth-order valence-electron chi connectivity index (χ4n) is 3.11. The first-order chi connectivity index (χ1) is 13.0. The molecule has 1 N–H and O–H groups in total. The van der Waals surface area contributed by atoms with Crippen molar-refractivity contribution in [2.24, 2.45) is 0 Å². The average Bonchev–Trinajstić information content (AvgIpc) is 2.68. The van der Waals surface area contributed by atoms with E-state index in [1.165, 1.54) is 11.1 Å². The lowest BCUT2D eigenvalue weighted by Gasteiger charge is -2.19. The van der Waals surface area contributed by atoms with E-state index >= 15 is 0 Å². The van der Waals surface area contributed by atoms with Crippen LogP contribution in [0, 0.1) is 13.8 Å². The van der Waals surface area contributed by atoms with Gasteiger partial charge in [-0.1, -0.05) is 55.5 Å². The first kappa shape index (κ1) is 19.4. The lowest BCUT2D eigenvalue weighted by atomic mass is 9.99. The lowest BCUT2D eigenvalue weighted by Crippen LogP contribution is -2.32. The summed E-state index contributed by atoms with van der Waals surface area (Å²) in [4.78, 5) is 12.4. The van der Waals surface area contributed by atoms with Crippen molar-refractivity contribution in [1.82, 2.24) is 5.32 Å². The molecule has 3 nitrogen and oxygen atoms in total. The number of ether oxygens (including phenoxy) is 1. The Labute approximate surface area is 168 Å². The van der Waals surface area contributed by atoms with Crippen molar-refractivity contribution < 1.29 is 9.53 Å². The Hall–Kier alpha value is -2.33. The molecule has 1 amide bonds. The van der Waals surface area contributed by atoms with E-state index in [1.807, 2.05) is 36.4 Å². The monoisotopic (exact) mass is 425 g/mol. The normalized spacial score (nSPS) is 12.0. The summed E-state index contributed by atoms with van der Waals surface area (Å²) in [5, 5.41) is 5.27. The van der Waals surface area contributed by atoms with Gasteiger partial charge in [-0.2, -0.15) is 0 Å². The summed E-state index contributed by atoms with van der Waals surface area (Å²) in [6.45, 7) is 6.24. The molecule has 0 aliphatic heterocycles. The Morgan fingerprint density at radius 3 is 2.59 bits per heavy atom. The second kappa shape index (κ2) is 8.57. The Morgan fingerprint density at radius 1 is 1.07 bits per heavy atom. The van der Waals surface area contributed by atoms with Crippen molar-refractivity contribution in [2.75, 3.05) is 6.61 Å². The maximum atomic E-state index is 12.4. The zero-order valence-electron chi connectivity index (χ0n) is 15.9. The summed E-state index contributed by atoms with van der Waals surface area (Å²) in [5.74, 6) is 0.545. The molecule has 0 heterocycles. The molecule has 0 unspecified atom stereocenters. The largest absolute Gasteiger partial charge is 0.483 e. The molecule has 3 aromatic carbocycles. The van der Waals surface area contributed by atoms with Crippen LogP contribution >= 0.6 is 15.9 Å². The number of carbonyl (C=O) groups is 1.